The Morgan fingerprint density at radius 3 is 2.52 bits per heavy atom. The maximum atomic E-state index is 12.7. The summed E-state index contributed by atoms with van der Waals surface area (Å²) in [5.74, 6) is 2.12. The number of amides is 2. The summed E-state index contributed by atoms with van der Waals surface area (Å²) >= 11 is 0. The van der Waals surface area contributed by atoms with E-state index in [2.05, 4.69) is 19.2 Å². The number of aromatic nitrogens is 2. The number of nitrogens with zero attached hydrogens (tertiary/aromatic N) is 3. The molecule has 0 saturated heterocycles. The van der Waals surface area contributed by atoms with Crippen LogP contribution in [0.3, 0.4) is 0 Å². The number of benzene rings is 2. The van der Waals surface area contributed by atoms with Crippen LogP contribution in [0.25, 0.3) is 11.3 Å². The highest BCUT2D eigenvalue weighted by Gasteiger charge is 2.26. The van der Waals surface area contributed by atoms with Gasteiger partial charge in [0, 0.05) is 30.2 Å². The third-order valence-electron chi connectivity index (χ3n) is 5.82. The van der Waals surface area contributed by atoms with Crippen LogP contribution in [0.15, 0.2) is 54.6 Å². The van der Waals surface area contributed by atoms with Crippen LogP contribution in [0.1, 0.15) is 42.6 Å². The predicted molar refractivity (Wildman–Crippen MR) is 128 cm³/mol. The molecule has 33 heavy (non-hydrogen) atoms. The van der Waals surface area contributed by atoms with E-state index in [1.165, 1.54) is 0 Å². The zero-order valence-corrected chi connectivity index (χ0v) is 19.4. The van der Waals surface area contributed by atoms with E-state index in [1.807, 2.05) is 59.3 Å². The molecule has 7 nitrogen and oxygen atoms in total. The summed E-state index contributed by atoms with van der Waals surface area (Å²) in [6, 6.07) is 17.1. The number of nitrogens with one attached hydrogen (secondary N) is 1. The number of anilines is 1. The standard InChI is InChI=1S/C26H30N4O3/c1-18(2)12-14-27-26(32)21-6-4-19(5-7-21)17-29-24-16-23(28-30(24)15-13-25(29)31)20-8-10-22(33-3)11-9-20/h4-11,16,18H,12-15,17H2,1-3H3,(H,27,32). The number of rotatable bonds is 8. The minimum atomic E-state index is -0.0709. The first kappa shape index (κ1) is 22.6. The van der Waals surface area contributed by atoms with Crippen molar-refractivity contribution >= 4 is 17.6 Å². The lowest BCUT2D eigenvalue weighted by molar-refractivity contribution is -0.119. The van der Waals surface area contributed by atoms with Gasteiger partial charge in [-0.2, -0.15) is 5.10 Å². The number of ether oxygens (including phenoxy) is 1. The van der Waals surface area contributed by atoms with Crippen molar-refractivity contribution in [3.05, 3.63) is 65.7 Å². The monoisotopic (exact) mass is 446 g/mol. The highest BCUT2D eigenvalue weighted by Crippen LogP contribution is 2.30. The Bertz CT molecular complexity index is 1120. The van der Waals surface area contributed by atoms with Gasteiger partial charge in [-0.3, -0.25) is 14.5 Å². The van der Waals surface area contributed by atoms with Crippen molar-refractivity contribution in [3.8, 4) is 17.0 Å². The SMILES string of the molecule is COc1ccc(-c2cc3n(n2)CCC(=O)N3Cc2ccc(C(=O)NCCC(C)C)cc2)cc1. The predicted octanol–water partition coefficient (Wildman–Crippen LogP) is 4.27. The van der Waals surface area contributed by atoms with Gasteiger partial charge in [0.15, 0.2) is 0 Å². The molecule has 0 spiro atoms. The minimum absolute atomic E-state index is 0.0687. The van der Waals surface area contributed by atoms with Crippen LogP contribution < -0.4 is 15.0 Å². The number of methoxy groups -OCH3 is 1. The third-order valence-corrected chi connectivity index (χ3v) is 5.82. The van der Waals surface area contributed by atoms with Crippen molar-refractivity contribution in [3.63, 3.8) is 0 Å². The Morgan fingerprint density at radius 2 is 1.85 bits per heavy atom. The lowest BCUT2D eigenvalue weighted by Crippen LogP contribution is -2.36. The van der Waals surface area contributed by atoms with Gasteiger partial charge in [-0.05, 0) is 54.3 Å². The smallest absolute Gasteiger partial charge is 0.251 e. The van der Waals surface area contributed by atoms with Crippen molar-refractivity contribution in [1.29, 1.82) is 0 Å². The van der Waals surface area contributed by atoms with Crippen LogP contribution in [-0.2, 0) is 17.9 Å². The lowest BCUT2D eigenvalue weighted by Gasteiger charge is -2.27. The molecule has 0 aliphatic carbocycles. The molecular weight excluding hydrogens is 416 g/mol. The molecule has 1 aromatic heterocycles. The van der Waals surface area contributed by atoms with Crippen molar-refractivity contribution < 1.29 is 14.3 Å². The molecule has 0 atom stereocenters. The van der Waals surface area contributed by atoms with E-state index in [0.717, 1.165) is 34.8 Å². The molecule has 1 aliphatic heterocycles. The molecule has 4 rings (SSSR count). The third kappa shape index (κ3) is 5.25. The Labute approximate surface area is 194 Å². The fourth-order valence-corrected chi connectivity index (χ4v) is 3.85. The van der Waals surface area contributed by atoms with Gasteiger partial charge in [-0.25, -0.2) is 4.68 Å². The number of carbonyl (C=O) groups is 2. The van der Waals surface area contributed by atoms with E-state index >= 15 is 0 Å². The average molecular weight is 447 g/mol. The van der Waals surface area contributed by atoms with E-state index < -0.39 is 0 Å². The fraction of sp³-hybridized carbons (Fsp3) is 0.346. The Morgan fingerprint density at radius 1 is 1.12 bits per heavy atom. The molecule has 0 fully saturated rings. The van der Waals surface area contributed by atoms with Crippen LogP contribution in [0, 0.1) is 5.92 Å². The van der Waals surface area contributed by atoms with Crippen molar-refractivity contribution in [2.75, 3.05) is 18.6 Å². The van der Waals surface area contributed by atoms with Gasteiger partial charge in [0.2, 0.25) is 5.91 Å². The molecule has 0 radical (unpaired) electrons. The molecule has 2 amide bonds. The highest BCUT2D eigenvalue weighted by atomic mass is 16.5. The molecular formula is C26H30N4O3. The number of aryl methyl sites for hydroxylation is 1. The molecule has 2 aromatic carbocycles. The quantitative estimate of drug-likeness (QED) is 0.561. The van der Waals surface area contributed by atoms with E-state index in [1.54, 1.807) is 12.0 Å². The van der Waals surface area contributed by atoms with Gasteiger partial charge < -0.3 is 10.1 Å². The van der Waals surface area contributed by atoms with Crippen LogP contribution in [0.4, 0.5) is 5.82 Å². The molecule has 1 N–H and O–H groups in total. The first-order valence-corrected chi connectivity index (χ1v) is 11.3. The second-order valence-corrected chi connectivity index (χ2v) is 8.70. The summed E-state index contributed by atoms with van der Waals surface area (Å²) in [7, 11) is 1.64. The Balaban J connectivity index is 1.48. The summed E-state index contributed by atoms with van der Waals surface area (Å²) < 4.78 is 7.12. The number of hydrogen-bond acceptors (Lipinski definition) is 4. The van der Waals surface area contributed by atoms with E-state index in [-0.39, 0.29) is 11.8 Å². The molecule has 7 heteroatoms. The summed E-state index contributed by atoms with van der Waals surface area (Å²) in [5.41, 5.74) is 3.38. The molecule has 3 aromatic rings. The van der Waals surface area contributed by atoms with Crippen LogP contribution >= 0.6 is 0 Å². The van der Waals surface area contributed by atoms with Crippen LogP contribution in [-0.4, -0.2) is 35.2 Å². The summed E-state index contributed by atoms with van der Waals surface area (Å²) in [5, 5.41) is 7.66. The van der Waals surface area contributed by atoms with Gasteiger partial charge in [-0.1, -0.05) is 26.0 Å². The van der Waals surface area contributed by atoms with Crippen LogP contribution in [0.5, 0.6) is 5.75 Å². The minimum Gasteiger partial charge on any atom is -0.497 e. The second kappa shape index (κ2) is 9.90. The number of hydrogen-bond donors (Lipinski definition) is 1. The fourth-order valence-electron chi connectivity index (χ4n) is 3.85. The van der Waals surface area contributed by atoms with Gasteiger partial charge in [0.1, 0.15) is 11.6 Å². The zero-order chi connectivity index (χ0) is 23.4. The maximum absolute atomic E-state index is 12.7. The molecule has 172 valence electrons. The summed E-state index contributed by atoms with van der Waals surface area (Å²) in [6.07, 6.45) is 1.36. The van der Waals surface area contributed by atoms with Gasteiger partial charge >= 0.3 is 0 Å². The number of fused-ring (bicyclic) bond motifs is 1. The van der Waals surface area contributed by atoms with E-state index in [4.69, 9.17) is 9.84 Å². The summed E-state index contributed by atoms with van der Waals surface area (Å²) in [4.78, 5) is 26.8. The normalized spacial score (nSPS) is 13.2. The first-order chi connectivity index (χ1) is 15.9. The van der Waals surface area contributed by atoms with Gasteiger partial charge in [0.25, 0.3) is 5.91 Å². The van der Waals surface area contributed by atoms with Gasteiger partial charge in [-0.15, -0.1) is 0 Å². The van der Waals surface area contributed by atoms with Gasteiger partial charge in [0.05, 0.1) is 25.9 Å². The maximum Gasteiger partial charge on any atom is 0.251 e. The topological polar surface area (TPSA) is 76.5 Å². The number of carbonyl (C=O) groups excluding carboxylic acids is 2. The largest absolute Gasteiger partial charge is 0.497 e. The highest BCUT2D eigenvalue weighted by molar-refractivity contribution is 5.95. The molecule has 0 saturated carbocycles. The summed E-state index contributed by atoms with van der Waals surface area (Å²) in [6.45, 7) is 5.93. The van der Waals surface area contributed by atoms with E-state index in [9.17, 15) is 9.59 Å². The van der Waals surface area contributed by atoms with Crippen LogP contribution in [0.2, 0.25) is 0 Å². The zero-order valence-electron chi connectivity index (χ0n) is 19.4. The first-order valence-electron chi connectivity index (χ1n) is 11.3. The molecule has 0 unspecified atom stereocenters. The second-order valence-electron chi connectivity index (χ2n) is 8.70. The molecule has 1 aliphatic rings. The molecule has 2 heterocycles. The van der Waals surface area contributed by atoms with Crippen molar-refractivity contribution in [2.24, 2.45) is 5.92 Å². The van der Waals surface area contributed by atoms with Crippen molar-refractivity contribution in [1.82, 2.24) is 15.1 Å². The molecule has 0 bridgehead atoms. The van der Waals surface area contributed by atoms with E-state index in [0.29, 0.717) is 37.5 Å². The average Bonchev–Trinajstić information content (AvgIpc) is 3.26. The lowest BCUT2D eigenvalue weighted by atomic mass is 10.1. The Hall–Kier alpha value is -3.61. The Kier molecular flexibility index (Phi) is 6.77. The van der Waals surface area contributed by atoms with Crippen molar-refractivity contribution in [2.45, 2.75) is 39.8 Å².